The number of hydrogen-bond acceptors (Lipinski definition) is 9. The molecule has 13 heteroatoms. The smallest absolute Gasteiger partial charge is 0.409 e. The normalized spacial score (nSPS) is 18.7. The highest BCUT2D eigenvalue weighted by Crippen LogP contribution is 2.45. The molecule has 3 rings (SSSR count). The number of benzene rings is 1. The van der Waals surface area contributed by atoms with E-state index in [4.69, 9.17) is 9.47 Å². The van der Waals surface area contributed by atoms with Crippen LogP contribution in [0.2, 0.25) is 0 Å². The van der Waals surface area contributed by atoms with Crippen molar-refractivity contribution in [2.75, 3.05) is 26.5 Å². The fourth-order valence-corrected chi connectivity index (χ4v) is 4.84. The van der Waals surface area contributed by atoms with Crippen LogP contribution in [0.15, 0.2) is 34.9 Å². The van der Waals surface area contributed by atoms with Crippen LogP contribution in [0.25, 0.3) is 0 Å². The van der Waals surface area contributed by atoms with Crippen LogP contribution in [-0.4, -0.2) is 77.1 Å². The molecule has 1 saturated heterocycles. The predicted molar refractivity (Wildman–Crippen MR) is 120 cm³/mol. The summed E-state index contributed by atoms with van der Waals surface area (Å²) in [6.07, 6.45) is -0.308. The van der Waals surface area contributed by atoms with Gasteiger partial charge >= 0.3 is 12.1 Å². The van der Waals surface area contributed by atoms with E-state index in [1.54, 1.807) is 0 Å². The number of nitro benzene ring substituents is 1. The van der Waals surface area contributed by atoms with E-state index < -0.39 is 35.0 Å². The number of carbonyl (C=O) groups is 4. The lowest BCUT2D eigenvalue weighted by Crippen LogP contribution is -2.68. The van der Waals surface area contributed by atoms with Crippen LogP contribution in [-0.2, 0) is 30.5 Å². The van der Waals surface area contributed by atoms with Crippen LogP contribution < -0.4 is 5.32 Å². The molecule has 0 radical (unpaired) electrons. The Hall–Kier alpha value is -3.61. The molecule has 1 fully saturated rings. The standard InChI is InChI=1S/C21H24N4O8S/c1-12(26)22-8-9-34-16-10-15-17(23(2)21(29)32-3)19(27)24(15)18(16)20(28)33-11-13-4-6-14(7-5-13)25(30)31/h4-7,15,17H,8-11H2,1-3H3,(H,22,26)/t15-,17-/m1/s1. The molecule has 12 nitrogen and oxygen atoms in total. The van der Waals surface area contributed by atoms with E-state index in [-0.39, 0.29) is 23.9 Å². The number of methoxy groups -OCH3 is 1. The molecule has 0 aliphatic carbocycles. The number of non-ortho nitro benzene ring substituents is 1. The molecule has 2 heterocycles. The van der Waals surface area contributed by atoms with Crippen molar-refractivity contribution in [3.8, 4) is 0 Å². The van der Waals surface area contributed by atoms with E-state index in [2.05, 4.69) is 5.32 Å². The summed E-state index contributed by atoms with van der Waals surface area (Å²) in [6.45, 7) is 1.64. The van der Waals surface area contributed by atoms with Gasteiger partial charge in [-0.3, -0.25) is 29.5 Å². The highest BCUT2D eigenvalue weighted by molar-refractivity contribution is 8.03. The average Bonchev–Trinajstić information content (AvgIpc) is 3.14. The SMILES string of the molecule is COC(=O)N(C)[C@H]1C(=O)N2C(C(=O)OCc3ccc([N+](=O)[O-])cc3)=C(SCCNC(C)=O)C[C@H]12. The number of β-lactam (4-membered cyclic amide) rings is 1. The number of esters is 1. The molecule has 1 aromatic rings. The summed E-state index contributed by atoms with van der Waals surface area (Å²) in [5, 5.41) is 13.5. The minimum absolute atomic E-state index is 0.0822. The van der Waals surface area contributed by atoms with Gasteiger partial charge in [-0.05, 0) is 17.7 Å². The molecule has 1 aromatic carbocycles. The van der Waals surface area contributed by atoms with E-state index >= 15 is 0 Å². The second-order valence-corrected chi connectivity index (χ2v) is 8.80. The molecule has 34 heavy (non-hydrogen) atoms. The van der Waals surface area contributed by atoms with Gasteiger partial charge in [0.1, 0.15) is 18.3 Å². The predicted octanol–water partition coefficient (Wildman–Crippen LogP) is 1.40. The van der Waals surface area contributed by atoms with Crippen LogP contribution in [0, 0.1) is 10.1 Å². The average molecular weight is 493 g/mol. The van der Waals surface area contributed by atoms with Gasteiger partial charge in [-0.25, -0.2) is 9.59 Å². The summed E-state index contributed by atoms with van der Waals surface area (Å²) in [4.78, 5) is 62.3. The third kappa shape index (κ3) is 5.14. The zero-order valence-electron chi connectivity index (χ0n) is 18.8. The maximum Gasteiger partial charge on any atom is 0.409 e. The highest BCUT2D eigenvalue weighted by Gasteiger charge is 2.58. The number of nitrogens with one attached hydrogen (secondary N) is 1. The molecule has 0 spiro atoms. The molecular formula is C21H24N4O8S. The number of amides is 3. The van der Waals surface area contributed by atoms with E-state index in [0.717, 1.165) is 0 Å². The zero-order chi connectivity index (χ0) is 25.0. The van der Waals surface area contributed by atoms with Crippen molar-refractivity contribution >= 4 is 41.3 Å². The molecule has 0 aromatic heterocycles. The number of carbonyl (C=O) groups excluding carboxylic acids is 4. The molecule has 2 aliphatic heterocycles. The Bertz CT molecular complexity index is 1040. The fourth-order valence-electron chi connectivity index (χ4n) is 3.78. The second-order valence-electron chi connectivity index (χ2n) is 7.61. The number of fused-ring (bicyclic) bond motifs is 1. The Morgan fingerprint density at radius 1 is 1.29 bits per heavy atom. The second kappa shape index (κ2) is 10.5. The maximum absolute atomic E-state index is 13.0. The fraction of sp³-hybridized carbons (Fsp3) is 0.429. The van der Waals surface area contributed by atoms with Crippen LogP contribution in [0.1, 0.15) is 18.9 Å². The van der Waals surface area contributed by atoms with Gasteiger partial charge in [-0.1, -0.05) is 0 Å². The van der Waals surface area contributed by atoms with Crippen molar-refractivity contribution in [1.29, 1.82) is 0 Å². The first-order valence-electron chi connectivity index (χ1n) is 10.3. The molecule has 3 amide bonds. The van der Waals surface area contributed by atoms with Crippen LogP contribution in [0.5, 0.6) is 0 Å². The number of nitrogens with zero attached hydrogens (tertiary/aromatic N) is 3. The number of likely N-dealkylation sites (N-methyl/N-ethyl adjacent to an activating group) is 1. The van der Waals surface area contributed by atoms with Gasteiger partial charge in [0.15, 0.2) is 0 Å². The third-order valence-corrected chi connectivity index (χ3v) is 6.55. The molecule has 1 N–H and O–H groups in total. The first kappa shape index (κ1) is 25.0. The monoisotopic (exact) mass is 492 g/mol. The molecular weight excluding hydrogens is 468 g/mol. The van der Waals surface area contributed by atoms with Crippen molar-refractivity contribution in [1.82, 2.24) is 15.1 Å². The summed E-state index contributed by atoms with van der Waals surface area (Å²) in [5.74, 6) is -0.837. The van der Waals surface area contributed by atoms with Gasteiger partial charge in [0.05, 0.1) is 18.1 Å². The largest absolute Gasteiger partial charge is 0.456 e. The number of hydrogen-bond donors (Lipinski definition) is 1. The van der Waals surface area contributed by atoms with Crippen LogP contribution in [0.3, 0.4) is 0 Å². The van der Waals surface area contributed by atoms with Gasteiger partial charge in [0.25, 0.3) is 11.6 Å². The topological polar surface area (TPSA) is 148 Å². The number of rotatable bonds is 9. The highest BCUT2D eigenvalue weighted by atomic mass is 32.2. The van der Waals surface area contributed by atoms with Crippen molar-refractivity contribution in [3.05, 3.63) is 50.5 Å². The minimum Gasteiger partial charge on any atom is -0.456 e. The van der Waals surface area contributed by atoms with Crippen molar-refractivity contribution < 1.29 is 33.6 Å². The summed E-state index contributed by atoms with van der Waals surface area (Å²) < 4.78 is 10.1. The third-order valence-electron chi connectivity index (χ3n) is 5.43. The van der Waals surface area contributed by atoms with Crippen LogP contribution >= 0.6 is 11.8 Å². The summed E-state index contributed by atoms with van der Waals surface area (Å²) >= 11 is 1.33. The molecule has 0 bridgehead atoms. The number of nitro groups is 1. The molecule has 0 unspecified atom stereocenters. The van der Waals surface area contributed by atoms with Crippen molar-refractivity contribution in [2.24, 2.45) is 0 Å². The first-order valence-corrected chi connectivity index (χ1v) is 11.3. The van der Waals surface area contributed by atoms with Crippen molar-refractivity contribution in [3.63, 3.8) is 0 Å². The summed E-state index contributed by atoms with van der Waals surface area (Å²) in [6, 6.07) is 4.39. The van der Waals surface area contributed by atoms with Gasteiger partial charge in [-0.15, -0.1) is 11.8 Å². The van der Waals surface area contributed by atoms with Crippen molar-refractivity contribution in [2.45, 2.75) is 32.0 Å². The summed E-state index contributed by atoms with van der Waals surface area (Å²) in [5.41, 5.74) is 0.577. The lowest BCUT2D eigenvalue weighted by molar-refractivity contribution is -0.384. The van der Waals surface area contributed by atoms with E-state index in [1.165, 1.54) is 66.9 Å². The number of thioether (sulfide) groups is 1. The quantitative estimate of drug-likeness (QED) is 0.177. The van der Waals surface area contributed by atoms with Gasteiger partial charge in [-0.2, -0.15) is 0 Å². The molecule has 0 saturated carbocycles. The Kier molecular flexibility index (Phi) is 7.76. The van der Waals surface area contributed by atoms with E-state index in [0.29, 0.717) is 29.2 Å². The minimum atomic E-state index is -0.765. The summed E-state index contributed by atoms with van der Waals surface area (Å²) in [7, 11) is 2.68. The Labute approximate surface area is 199 Å². The maximum atomic E-state index is 13.0. The Morgan fingerprint density at radius 2 is 1.97 bits per heavy atom. The lowest BCUT2D eigenvalue weighted by Gasteiger charge is -2.46. The first-order chi connectivity index (χ1) is 16.1. The number of ether oxygens (including phenoxy) is 2. The Balaban J connectivity index is 1.73. The van der Waals surface area contributed by atoms with E-state index in [1.807, 2.05) is 0 Å². The zero-order valence-corrected chi connectivity index (χ0v) is 19.6. The van der Waals surface area contributed by atoms with Gasteiger partial charge in [0.2, 0.25) is 5.91 Å². The molecule has 2 atom stereocenters. The van der Waals surface area contributed by atoms with Gasteiger partial charge in [0, 0.05) is 49.7 Å². The van der Waals surface area contributed by atoms with Gasteiger partial charge < -0.3 is 14.8 Å². The molecule has 2 aliphatic rings. The molecule has 182 valence electrons. The van der Waals surface area contributed by atoms with Crippen LogP contribution in [0.4, 0.5) is 10.5 Å². The lowest BCUT2D eigenvalue weighted by atomic mass is 9.94. The van der Waals surface area contributed by atoms with E-state index in [9.17, 15) is 29.3 Å². The Morgan fingerprint density at radius 3 is 2.56 bits per heavy atom.